The molecule has 0 radical (unpaired) electrons. The molecule has 2 saturated heterocycles. The van der Waals surface area contributed by atoms with Crippen LogP contribution in [-0.2, 0) is 4.79 Å². The molecule has 0 bridgehead atoms. The van der Waals surface area contributed by atoms with E-state index in [4.69, 9.17) is 5.11 Å². The Labute approximate surface area is 126 Å². The zero-order valence-corrected chi connectivity index (χ0v) is 12.8. The summed E-state index contributed by atoms with van der Waals surface area (Å²) >= 11 is 0. The molecule has 0 aromatic carbocycles. The van der Waals surface area contributed by atoms with Gasteiger partial charge >= 0.3 is 12.0 Å². The molecule has 0 unspecified atom stereocenters. The first kappa shape index (κ1) is 16.0. The molecule has 2 heterocycles. The molecule has 21 heavy (non-hydrogen) atoms. The van der Waals surface area contributed by atoms with Gasteiger partial charge in [0.1, 0.15) is 0 Å². The fraction of sp³-hybridized carbons (Fsp3) is 0.857. The SMILES string of the molecule is CN(CCN1CCCC1)C(=O)N1CCN(CC(=O)O)CC1. The number of nitrogens with zero attached hydrogens (tertiary/aromatic N) is 4. The summed E-state index contributed by atoms with van der Waals surface area (Å²) in [5, 5.41) is 8.77. The Hall–Kier alpha value is -1.34. The summed E-state index contributed by atoms with van der Waals surface area (Å²) in [5.41, 5.74) is 0. The molecule has 0 atom stereocenters. The number of carbonyl (C=O) groups is 2. The zero-order valence-electron chi connectivity index (χ0n) is 12.8. The van der Waals surface area contributed by atoms with Crippen molar-refractivity contribution >= 4 is 12.0 Å². The van der Waals surface area contributed by atoms with Crippen molar-refractivity contribution in [2.75, 3.05) is 66.0 Å². The van der Waals surface area contributed by atoms with Crippen LogP contribution in [0.3, 0.4) is 0 Å². The van der Waals surface area contributed by atoms with Crippen LogP contribution in [0.2, 0.25) is 0 Å². The second kappa shape index (κ2) is 7.61. The van der Waals surface area contributed by atoms with Gasteiger partial charge in [-0.25, -0.2) is 4.79 Å². The first-order chi connectivity index (χ1) is 10.1. The van der Waals surface area contributed by atoms with Crippen LogP contribution in [0.1, 0.15) is 12.8 Å². The minimum Gasteiger partial charge on any atom is -0.480 e. The van der Waals surface area contributed by atoms with Crippen molar-refractivity contribution in [2.24, 2.45) is 0 Å². The van der Waals surface area contributed by atoms with Crippen LogP contribution in [0.5, 0.6) is 0 Å². The quantitative estimate of drug-likeness (QED) is 0.764. The Morgan fingerprint density at radius 1 is 1.00 bits per heavy atom. The van der Waals surface area contributed by atoms with Gasteiger partial charge in [-0.1, -0.05) is 0 Å². The Morgan fingerprint density at radius 2 is 1.62 bits per heavy atom. The van der Waals surface area contributed by atoms with Crippen LogP contribution in [0.15, 0.2) is 0 Å². The summed E-state index contributed by atoms with van der Waals surface area (Å²) in [7, 11) is 1.85. The minimum atomic E-state index is -0.808. The highest BCUT2D eigenvalue weighted by atomic mass is 16.4. The smallest absolute Gasteiger partial charge is 0.319 e. The van der Waals surface area contributed by atoms with Crippen molar-refractivity contribution in [1.82, 2.24) is 19.6 Å². The molecule has 2 rings (SSSR count). The number of rotatable bonds is 5. The molecule has 0 aliphatic carbocycles. The number of amides is 2. The number of aliphatic carboxylic acids is 1. The lowest BCUT2D eigenvalue weighted by molar-refractivity contribution is -0.138. The standard InChI is InChI=1S/C14H26N4O3/c1-15(6-7-16-4-2-3-5-16)14(21)18-10-8-17(9-11-18)12-13(19)20/h2-12H2,1H3,(H,19,20). The zero-order chi connectivity index (χ0) is 15.2. The fourth-order valence-electron chi connectivity index (χ4n) is 2.92. The van der Waals surface area contributed by atoms with Gasteiger partial charge in [-0.15, -0.1) is 0 Å². The number of likely N-dealkylation sites (N-methyl/N-ethyl adjacent to an activating group) is 1. The lowest BCUT2D eigenvalue weighted by Gasteiger charge is -2.36. The molecule has 7 nitrogen and oxygen atoms in total. The number of urea groups is 1. The molecule has 0 aromatic heterocycles. The van der Waals surface area contributed by atoms with Gasteiger partial charge in [-0.2, -0.15) is 0 Å². The molecule has 2 aliphatic rings. The normalized spacial score (nSPS) is 20.7. The van der Waals surface area contributed by atoms with E-state index in [1.165, 1.54) is 12.8 Å². The van der Waals surface area contributed by atoms with Crippen molar-refractivity contribution in [3.63, 3.8) is 0 Å². The number of piperazine rings is 1. The average molecular weight is 298 g/mol. The topological polar surface area (TPSA) is 67.3 Å². The predicted molar refractivity (Wildman–Crippen MR) is 79.3 cm³/mol. The first-order valence-electron chi connectivity index (χ1n) is 7.73. The van der Waals surface area contributed by atoms with Crippen LogP contribution in [0.4, 0.5) is 4.79 Å². The lowest BCUT2D eigenvalue weighted by atomic mass is 10.3. The molecule has 1 N–H and O–H groups in total. The number of carboxylic acid groups (broad SMARTS) is 1. The summed E-state index contributed by atoms with van der Waals surface area (Å²) in [4.78, 5) is 30.9. The Balaban J connectivity index is 1.69. The molecule has 2 aliphatic heterocycles. The second-order valence-corrected chi connectivity index (χ2v) is 5.91. The van der Waals surface area contributed by atoms with Gasteiger partial charge < -0.3 is 19.8 Å². The maximum absolute atomic E-state index is 12.3. The number of carbonyl (C=O) groups excluding carboxylic acids is 1. The van der Waals surface area contributed by atoms with Gasteiger partial charge in [0.05, 0.1) is 6.54 Å². The van der Waals surface area contributed by atoms with Gasteiger partial charge in [-0.3, -0.25) is 9.69 Å². The van der Waals surface area contributed by atoms with E-state index in [0.29, 0.717) is 26.2 Å². The van der Waals surface area contributed by atoms with Gasteiger partial charge in [0.15, 0.2) is 0 Å². The van der Waals surface area contributed by atoms with E-state index in [0.717, 1.165) is 26.2 Å². The highest BCUT2D eigenvalue weighted by Crippen LogP contribution is 2.08. The summed E-state index contributed by atoms with van der Waals surface area (Å²) in [6.07, 6.45) is 2.53. The lowest BCUT2D eigenvalue weighted by Crippen LogP contribution is -2.53. The number of likely N-dealkylation sites (tertiary alicyclic amines) is 1. The van der Waals surface area contributed by atoms with E-state index in [1.807, 2.05) is 16.8 Å². The number of hydrogen-bond acceptors (Lipinski definition) is 4. The van der Waals surface area contributed by atoms with Crippen molar-refractivity contribution in [3.8, 4) is 0 Å². The van der Waals surface area contributed by atoms with E-state index < -0.39 is 5.97 Å². The molecule has 0 spiro atoms. The Kier molecular flexibility index (Phi) is 5.81. The summed E-state index contributed by atoms with van der Waals surface area (Å²) in [6, 6.07) is 0.0594. The molecule has 2 fully saturated rings. The van der Waals surface area contributed by atoms with Gasteiger partial charge in [-0.05, 0) is 25.9 Å². The van der Waals surface area contributed by atoms with Crippen LogP contribution in [-0.4, -0.2) is 103 Å². The van der Waals surface area contributed by atoms with Gasteiger partial charge in [0.25, 0.3) is 0 Å². The number of carboxylic acids is 1. The minimum absolute atomic E-state index is 0.0594. The van der Waals surface area contributed by atoms with E-state index in [2.05, 4.69) is 4.90 Å². The summed E-state index contributed by atoms with van der Waals surface area (Å²) in [5.74, 6) is -0.808. The second-order valence-electron chi connectivity index (χ2n) is 5.91. The van der Waals surface area contributed by atoms with Crippen molar-refractivity contribution in [1.29, 1.82) is 0 Å². The maximum Gasteiger partial charge on any atom is 0.319 e. The van der Waals surface area contributed by atoms with Crippen molar-refractivity contribution in [2.45, 2.75) is 12.8 Å². The largest absolute Gasteiger partial charge is 0.480 e. The molecular formula is C14H26N4O3. The van der Waals surface area contributed by atoms with E-state index in [1.54, 1.807) is 4.90 Å². The van der Waals surface area contributed by atoms with Crippen LogP contribution < -0.4 is 0 Å². The third-order valence-corrected chi connectivity index (χ3v) is 4.28. The first-order valence-corrected chi connectivity index (χ1v) is 7.73. The fourth-order valence-corrected chi connectivity index (χ4v) is 2.92. The molecule has 0 saturated carbocycles. The number of hydrogen-bond donors (Lipinski definition) is 1. The van der Waals surface area contributed by atoms with Gasteiger partial charge in [0.2, 0.25) is 0 Å². The third kappa shape index (κ3) is 4.86. The van der Waals surface area contributed by atoms with E-state index >= 15 is 0 Å². The molecule has 120 valence electrons. The predicted octanol–water partition coefficient (Wildman–Crippen LogP) is -0.164. The van der Waals surface area contributed by atoms with Crippen LogP contribution >= 0.6 is 0 Å². The highest BCUT2D eigenvalue weighted by molar-refractivity contribution is 5.74. The monoisotopic (exact) mass is 298 g/mol. The Morgan fingerprint density at radius 3 is 2.19 bits per heavy atom. The Bertz CT molecular complexity index is 363. The van der Waals surface area contributed by atoms with Gasteiger partial charge in [0, 0.05) is 46.3 Å². The molecular weight excluding hydrogens is 272 g/mol. The van der Waals surface area contributed by atoms with Crippen LogP contribution in [0.25, 0.3) is 0 Å². The average Bonchev–Trinajstić information content (AvgIpc) is 2.97. The van der Waals surface area contributed by atoms with E-state index in [9.17, 15) is 9.59 Å². The van der Waals surface area contributed by atoms with Crippen molar-refractivity contribution in [3.05, 3.63) is 0 Å². The summed E-state index contributed by atoms with van der Waals surface area (Å²) < 4.78 is 0. The van der Waals surface area contributed by atoms with Crippen LogP contribution in [0, 0.1) is 0 Å². The van der Waals surface area contributed by atoms with E-state index in [-0.39, 0.29) is 12.6 Å². The molecule has 0 aromatic rings. The maximum atomic E-state index is 12.3. The summed E-state index contributed by atoms with van der Waals surface area (Å²) in [6.45, 7) is 6.56. The van der Waals surface area contributed by atoms with Crippen molar-refractivity contribution < 1.29 is 14.7 Å². The molecule has 7 heteroatoms. The molecule has 2 amide bonds. The third-order valence-electron chi connectivity index (χ3n) is 4.28. The highest BCUT2D eigenvalue weighted by Gasteiger charge is 2.24.